The van der Waals surface area contributed by atoms with Gasteiger partial charge in [-0.05, 0) is 0 Å². The van der Waals surface area contributed by atoms with E-state index in [1.54, 1.807) is 0 Å². The topological polar surface area (TPSA) is 0 Å². The Balaban J connectivity index is 2.82. The molecule has 1 saturated carbocycles. The molecule has 0 heterocycles. The molecule has 0 aliphatic heterocycles. The van der Waals surface area contributed by atoms with Gasteiger partial charge in [0.15, 0.2) is 6.17 Å². The van der Waals surface area contributed by atoms with Gasteiger partial charge in [-0.25, -0.2) is 4.39 Å². The van der Waals surface area contributed by atoms with Gasteiger partial charge >= 0.3 is 11.8 Å². The zero-order valence-corrected chi connectivity index (χ0v) is 5.18. The summed E-state index contributed by atoms with van der Waals surface area (Å²) in [5.74, 6) is -8.98. The smallest absolute Gasteiger partial charge is 0.239 e. The molecular weight excluding hydrogens is 178 g/mol. The number of halogens is 6. The van der Waals surface area contributed by atoms with Gasteiger partial charge in [-0.15, -0.1) is 11.6 Å². The molecule has 1 rings (SSSR count). The Morgan fingerprint density at radius 3 is 1.50 bits per heavy atom. The van der Waals surface area contributed by atoms with Crippen molar-refractivity contribution in [1.29, 1.82) is 0 Å². The number of rotatable bonds is 0. The fourth-order valence-corrected chi connectivity index (χ4v) is 0.943. The first kappa shape index (κ1) is 8.04. The van der Waals surface area contributed by atoms with Crippen molar-refractivity contribution in [1.82, 2.24) is 0 Å². The van der Waals surface area contributed by atoms with Crippen molar-refractivity contribution in [2.45, 2.75) is 23.4 Å². The van der Waals surface area contributed by atoms with Crippen LogP contribution in [-0.2, 0) is 0 Å². The molecular formula is C4H2ClF5. The van der Waals surface area contributed by atoms with Crippen LogP contribution in [0.15, 0.2) is 0 Å². The van der Waals surface area contributed by atoms with E-state index in [0.29, 0.717) is 0 Å². The highest BCUT2D eigenvalue weighted by atomic mass is 35.5. The van der Waals surface area contributed by atoms with Crippen LogP contribution >= 0.6 is 11.6 Å². The largest absolute Gasteiger partial charge is 0.343 e. The molecule has 6 heteroatoms. The van der Waals surface area contributed by atoms with E-state index in [9.17, 15) is 22.0 Å². The normalized spacial score (nSPS) is 42.6. The Hall–Kier alpha value is -0.0600. The van der Waals surface area contributed by atoms with E-state index in [1.807, 2.05) is 0 Å². The second-order valence-corrected chi connectivity index (χ2v) is 2.52. The monoisotopic (exact) mass is 180 g/mol. The van der Waals surface area contributed by atoms with Crippen molar-refractivity contribution in [3.05, 3.63) is 0 Å². The molecule has 0 N–H and O–H groups in total. The molecule has 0 unspecified atom stereocenters. The average molecular weight is 181 g/mol. The fourth-order valence-electron chi connectivity index (χ4n) is 0.639. The molecule has 0 nitrogen and oxygen atoms in total. The Labute approximate surface area is 58.0 Å². The molecule has 2 atom stereocenters. The molecule has 10 heavy (non-hydrogen) atoms. The highest BCUT2D eigenvalue weighted by Gasteiger charge is 2.79. The van der Waals surface area contributed by atoms with Crippen LogP contribution < -0.4 is 0 Å². The third-order valence-electron chi connectivity index (χ3n) is 1.39. The van der Waals surface area contributed by atoms with E-state index in [-0.39, 0.29) is 0 Å². The lowest BCUT2D eigenvalue weighted by atomic mass is 9.86. The van der Waals surface area contributed by atoms with Gasteiger partial charge in [0.05, 0.1) is 0 Å². The van der Waals surface area contributed by atoms with Crippen molar-refractivity contribution >= 4 is 11.6 Å². The van der Waals surface area contributed by atoms with Crippen LogP contribution in [0, 0.1) is 0 Å². The standard InChI is InChI=1S/C4H2ClF5/c5-1-2(6)4(9,10)3(1,7)8/h1-2H/t1-,2-/m0/s1. The highest BCUT2D eigenvalue weighted by Crippen LogP contribution is 2.55. The zero-order valence-electron chi connectivity index (χ0n) is 4.42. The molecule has 0 aromatic rings. The minimum absolute atomic E-state index is 2.39. The summed E-state index contributed by atoms with van der Waals surface area (Å²) in [4.78, 5) is 0. The number of hydrogen-bond acceptors (Lipinski definition) is 0. The van der Waals surface area contributed by atoms with Crippen LogP contribution in [0.3, 0.4) is 0 Å². The Morgan fingerprint density at radius 2 is 1.40 bits per heavy atom. The van der Waals surface area contributed by atoms with Crippen molar-refractivity contribution < 1.29 is 22.0 Å². The summed E-state index contributed by atoms with van der Waals surface area (Å²) in [5, 5.41) is -2.39. The van der Waals surface area contributed by atoms with Crippen LogP contribution in [0.25, 0.3) is 0 Å². The quantitative estimate of drug-likeness (QED) is 0.396. The predicted molar refractivity (Wildman–Crippen MR) is 24.4 cm³/mol. The van der Waals surface area contributed by atoms with Gasteiger partial charge in [0.1, 0.15) is 5.38 Å². The molecule has 0 spiro atoms. The average Bonchev–Trinajstić information content (AvgIpc) is 1.84. The molecule has 1 aliphatic rings. The molecule has 0 aromatic heterocycles. The lowest BCUT2D eigenvalue weighted by molar-refractivity contribution is -0.309. The first-order chi connectivity index (χ1) is 4.32. The summed E-state index contributed by atoms with van der Waals surface area (Å²) in [7, 11) is 0. The maximum Gasteiger partial charge on any atom is 0.343 e. The molecule has 0 amide bonds. The summed E-state index contributed by atoms with van der Waals surface area (Å²) < 4.78 is 59.0. The number of alkyl halides is 6. The SMILES string of the molecule is F[C@H]1[C@H](Cl)C(F)(F)C1(F)F. The lowest BCUT2D eigenvalue weighted by Gasteiger charge is -2.43. The van der Waals surface area contributed by atoms with E-state index in [1.165, 1.54) is 0 Å². The van der Waals surface area contributed by atoms with E-state index in [2.05, 4.69) is 11.6 Å². The van der Waals surface area contributed by atoms with E-state index in [4.69, 9.17) is 0 Å². The van der Waals surface area contributed by atoms with Crippen LogP contribution in [0.5, 0.6) is 0 Å². The Morgan fingerprint density at radius 1 is 1.00 bits per heavy atom. The van der Waals surface area contributed by atoms with E-state index in [0.717, 1.165) is 0 Å². The third kappa shape index (κ3) is 0.615. The predicted octanol–water partition coefficient (Wildman–Crippen LogP) is 2.22. The molecule has 0 aromatic carbocycles. The summed E-state index contributed by atoms with van der Waals surface area (Å²) in [6.07, 6.45) is -2.93. The summed E-state index contributed by atoms with van der Waals surface area (Å²) in [6, 6.07) is 0. The maximum absolute atomic E-state index is 11.8. The molecule has 60 valence electrons. The van der Waals surface area contributed by atoms with Gasteiger partial charge in [0.25, 0.3) is 0 Å². The first-order valence-corrected chi connectivity index (χ1v) is 2.79. The second-order valence-electron chi connectivity index (χ2n) is 2.05. The molecule has 0 saturated heterocycles. The van der Waals surface area contributed by atoms with Crippen LogP contribution in [0.4, 0.5) is 22.0 Å². The van der Waals surface area contributed by atoms with Crippen LogP contribution in [0.1, 0.15) is 0 Å². The highest BCUT2D eigenvalue weighted by molar-refractivity contribution is 6.22. The van der Waals surface area contributed by atoms with Crippen molar-refractivity contribution in [3.8, 4) is 0 Å². The van der Waals surface area contributed by atoms with Gasteiger partial charge in [-0.3, -0.25) is 0 Å². The maximum atomic E-state index is 11.8. The van der Waals surface area contributed by atoms with Gasteiger partial charge < -0.3 is 0 Å². The molecule has 0 radical (unpaired) electrons. The van der Waals surface area contributed by atoms with Crippen molar-refractivity contribution in [2.24, 2.45) is 0 Å². The fraction of sp³-hybridized carbons (Fsp3) is 1.00. The van der Waals surface area contributed by atoms with Crippen molar-refractivity contribution in [2.75, 3.05) is 0 Å². The Bertz CT molecular complexity index is 138. The second kappa shape index (κ2) is 1.75. The first-order valence-electron chi connectivity index (χ1n) is 2.35. The zero-order chi connectivity index (χ0) is 8.15. The van der Waals surface area contributed by atoms with Gasteiger partial charge in [-0.1, -0.05) is 0 Å². The summed E-state index contributed by atoms with van der Waals surface area (Å²) in [5.41, 5.74) is 0. The lowest BCUT2D eigenvalue weighted by Crippen LogP contribution is -2.69. The van der Waals surface area contributed by atoms with E-state index < -0.39 is 23.4 Å². The summed E-state index contributed by atoms with van der Waals surface area (Å²) in [6.45, 7) is 0. The van der Waals surface area contributed by atoms with Crippen LogP contribution in [-0.4, -0.2) is 23.4 Å². The van der Waals surface area contributed by atoms with Gasteiger partial charge in [-0.2, -0.15) is 17.6 Å². The molecule has 1 aliphatic carbocycles. The van der Waals surface area contributed by atoms with Crippen molar-refractivity contribution in [3.63, 3.8) is 0 Å². The third-order valence-corrected chi connectivity index (χ3v) is 1.89. The van der Waals surface area contributed by atoms with Gasteiger partial charge in [0.2, 0.25) is 0 Å². The summed E-state index contributed by atoms with van der Waals surface area (Å²) >= 11 is 4.57. The van der Waals surface area contributed by atoms with Gasteiger partial charge in [0, 0.05) is 0 Å². The van der Waals surface area contributed by atoms with Crippen LogP contribution in [0.2, 0.25) is 0 Å². The Kier molecular flexibility index (Phi) is 1.41. The molecule has 1 fully saturated rings. The molecule has 0 bridgehead atoms. The minimum Gasteiger partial charge on any atom is -0.239 e. The minimum atomic E-state index is -4.58. The number of hydrogen-bond donors (Lipinski definition) is 0. The van der Waals surface area contributed by atoms with E-state index >= 15 is 0 Å².